The molecule has 1 amide bonds. The van der Waals surface area contributed by atoms with E-state index in [1.807, 2.05) is 18.7 Å². The predicted molar refractivity (Wildman–Crippen MR) is 85.2 cm³/mol. The van der Waals surface area contributed by atoms with Crippen molar-refractivity contribution in [3.63, 3.8) is 0 Å². The molecule has 1 unspecified atom stereocenters. The summed E-state index contributed by atoms with van der Waals surface area (Å²) in [7, 11) is 1.37. The van der Waals surface area contributed by atoms with Gasteiger partial charge in [0.2, 0.25) is 0 Å². The average Bonchev–Trinajstić information content (AvgIpc) is 2.90. The summed E-state index contributed by atoms with van der Waals surface area (Å²) < 4.78 is 4.86. The van der Waals surface area contributed by atoms with E-state index in [9.17, 15) is 9.59 Å². The second-order valence-electron chi connectivity index (χ2n) is 5.88. The first-order chi connectivity index (χ1) is 10.5. The summed E-state index contributed by atoms with van der Waals surface area (Å²) in [6, 6.07) is 0.301. The SMILES string of the molecule is CCc1[nH]c(C(=O)N2CCCCC2CC)c(C)c1C(=O)OC. The van der Waals surface area contributed by atoms with Crippen LogP contribution in [0.25, 0.3) is 0 Å². The van der Waals surface area contributed by atoms with E-state index in [4.69, 9.17) is 4.74 Å². The Kier molecular flexibility index (Phi) is 5.27. The molecule has 0 saturated carbocycles. The lowest BCUT2D eigenvalue weighted by Crippen LogP contribution is -2.43. The van der Waals surface area contributed by atoms with Crippen molar-refractivity contribution in [2.75, 3.05) is 13.7 Å². The van der Waals surface area contributed by atoms with Crippen LogP contribution in [0.4, 0.5) is 0 Å². The number of aryl methyl sites for hydroxylation is 1. The van der Waals surface area contributed by atoms with Crippen molar-refractivity contribution in [1.82, 2.24) is 9.88 Å². The van der Waals surface area contributed by atoms with Crippen LogP contribution in [0.3, 0.4) is 0 Å². The van der Waals surface area contributed by atoms with Crippen molar-refractivity contribution in [3.8, 4) is 0 Å². The summed E-state index contributed by atoms with van der Waals surface area (Å²) in [5.41, 5.74) is 2.53. The minimum Gasteiger partial charge on any atom is -0.465 e. The fraction of sp³-hybridized carbons (Fsp3) is 0.647. The zero-order chi connectivity index (χ0) is 16.3. The number of H-pyrrole nitrogens is 1. The number of esters is 1. The Morgan fingerprint density at radius 2 is 2.05 bits per heavy atom. The van der Waals surface area contributed by atoms with Gasteiger partial charge >= 0.3 is 5.97 Å². The second-order valence-corrected chi connectivity index (χ2v) is 5.88. The topological polar surface area (TPSA) is 62.4 Å². The van der Waals surface area contributed by atoms with Gasteiger partial charge in [-0.2, -0.15) is 0 Å². The molecule has 1 fully saturated rings. The van der Waals surface area contributed by atoms with Crippen LogP contribution in [0.1, 0.15) is 71.6 Å². The first kappa shape index (κ1) is 16.6. The third kappa shape index (κ3) is 2.89. The standard InChI is InChI=1S/C17H26N2O3/c1-5-12-9-7-8-10-19(12)16(20)15-11(3)14(17(21)22-4)13(6-2)18-15/h12,18H,5-10H2,1-4H3. The van der Waals surface area contributed by atoms with E-state index >= 15 is 0 Å². The quantitative estimate of drug-likeness (QED) is 0.870. The second kappa shape index (κ2) is 6.99. The molecule has 122 valence electrons. The molecule has 1 aliphatic heterocycles. The lowest BCUT2D eigenvalue weighted by atomic mass is 9.99. The number of rotatable bonds is 4. The number of amides is 1. The van der Waals surface area contributed by atoms with Gasteiger partial charge in [0.25, 0.3) is 5.91 Å². The Bertz CT molecular complexity index is 562. The van der Waals surface area contributed by atoms with Crippen LogP contribution >= 0.6 is 0 Å². The highest BCUT2D eigenvalue weighted by Crippen LogP contribution is 2.26. The van der Waals surface area contributed by atoms with Crippen LogP contribution in [0.15, 0.2) is 0 Å². The van der Waals surface area contributed by atoms with Crippen LogP contribution in [-0.2, 0) is 11.2 Å². The summed E-state index contributed by atoms with van der Waals surface area (Å²) in [4.78, 5) is 30.0. The number of likely N-dealkylation sites (tertiary alicyclic amines) is 1. The maximum atomic E-state index is 12.9. The van der Waals surface area contributed by atoms with E-state index in [1.165, 1.54) is 13.5 Å². The van der Waals surface area contributed by atoms with Gasteiger partial charge < -0.3 is 14.6 Å². The molecule has 5 nitrogen and oxygen atoms in total. The minimum absolute atomic E-state index is 0.00824. The van der Waals surface area contributed by atoms with Gasteiger partial charge in [0, 0.05) is 18.3 Å². The Labute approximate surface area is 132 Å². The van der Waals surface area contributed by atoms with Crippen molar-refractivity contribution < 1.29 is 14.3 Å². The van der Waals surface area contributed by atoms with E-state index in [-0.39, 0.29) is 11.9 Å². The molecule has 0 bridgehead atoms. The number of methoxy groups -OCH3 is 1. The van der Waals surface area contributed by atoms with Crippen molar-refractivity contribution >= 4 is 11.9 Å². The van der Waals surface area contributed by atoms with Gasteiger partial charge in [0.15, 0.2) is 0 Å². The van der Waals surface area contributed by atoms with Gasteiger partial charge in [-0.05, 0) is 44.6 Å². The molecule has 0 radical (unpaired) electrons. The zero-order valence-electron chi connectivity index (χ0n) is 14.0. The van der Waals surface area contributed by atoms with Crippen LogP contribution in [0, 0.1) is 6.92 Å². The third-order valence-corrected chi connectivity index (χ3v) is 4.64. The molecule has 1 aromatic heterocycles. The number of carbonyl (C=O) groups excluding carboxylic acids is 2. The van der Waals surface area contributed by atoms with Crippen LogP contribution < -0.4 is 0 Å². The van der Waals surface area contributed by atoms with Gasteiger partial charge in [-0.1, -0.05) is 13.8 Å². The molecule has 2 heterocycles. The number of hydrogen-bond donors (Lipinski definition) is 1. The largest absolute Gasteiger partial charge is 0.465 e. The van der Waals surface area contributed by atoms with E-state index < -0.39 is 0 Å². The summed E-state index contributed by atoms with van der Waals surface area (Å²) >= 11 is 0. The van der Waals surface area contributed by atoms with Crippen molar-refractivity contribution in [1.29, 1.82) is 0 Å². The number of nitrogens with zero attached hydrogens (tertiary/aromatic N) is 1. The molecule has 2 rings (SSSR count). The number of piperidine rings is 1. The number of aromatic nitrogens is 1. The monoisotopic (exact) mass is 306 g/mol. The van der Waals surface area contributed by atoms with E-state index in [2.05, 4.69) is 11.9 Å². The molecule has 1 atom stereocenters. The molecule has 22 heavy (non-hydrogen) atoms. The Hall–Kier alpha value is -1.78. The zero-order valence-corrected chi connectivity index (χ0v) is 14.0. The lowest BCUT2D eigenvalue weighted by molar-refractivity contribution is 0.0598. The summed E-state index contributed by atoms with van der Waals surface area (Å²) in [5.74, 6) is -0.371. The Morgan fingerprint density at radius 1 is 1.32 bits per heavy atom. The van der Waals surface area contributed by atoms with E-state index in [1.54, 1.807) is 0 Å². The van der Waals surface area contributed by atoms with Gasteiger partial charge in [-0.15, -0.1) is 0 Å². The van der Waals surface area contributed by atoms with Crippen LogP contribution in [0.2, 0.25) is 0 Å². The average molecular weight is 306 g/mol. The maximum absolute atomic E-state index is 12.9. The first-order valence-corrected chi connectivity index (χ1v) is 8.15. The Balaban J connectivity index is 2.37. The predicted octanol–water partition coefficient (Wildman–Crippen LogP) is 3.08. The molecule has 0 aliphatic carbocycles. The van der Waals surface area contributed by atoms with E-state index in [0.717, 1.165) is 31.5 Å². The summed E-state index contributed by atoms with van der Waals surface area (Å²) in [6.07, 6.45) is 4.92. The lowest BCUT2D eigenvalue weighted by Gasteiger charge is -2.35. The Morgan fingerprint density at radius 3 is 2.64 bits per heavy atom. The highest BCUT2D eigenvalue weighted by atomic mass is 16.5. The van der Waals surface area contributed by atoms with Crippen molar-refractivity contribution in [2.24, 2.45) is 0 Å². The molecule has 1 saturated heterocycles. The van der Waals surface area contributed by atoms with Gasteiger partial charge in [-0.3, -0.25) is 4.79 Å². The molecule has 1 aliphatic rings. The fourth-order valence-electron chi connectivity index (χ4n) is 3.35. The minimum atomic E-state index is -0.379. The summed E-state index contributed by atoms with van der Waals surface area (Å²) in [5, 5.41) is 0. The van der Waals surface area contributed by atoms with Gasteiger partial charge in [0.05, 0.1) is 12.7 Å². The highest BCUT2D eigenvalue weighted by Gasteiger charge is 2.30. The maximum Gasteiger partial charge on any atom is 0.339 e. The normalized spacial score (nSPS) is 18.4. The smallest absolute Gasteiger partial charge is 0.339 e. The van der Waals surface area contributed by atoms with Crippen LogP contribution in [-0.4, -0.2) is 41.5 Å². The van der Waals surface area contributed by atoms with Crippen molar-refractivity contribution in [2.45, 2.75) is 58.9 Å². The van der Waals surface area contributed by atoms with Gasteiger partial charge in [-0.25, -0.2) is 4.79 Å². The first-order valence-electron chi connectivity index (χ1n) is 8.15. The molecule has 5 heteroatoms. The number of ether oxygens (including phenoxy) is 1. The number of aromatic amines is 1. The molecule has 0 aromatic carbocycles. The fourth-order valence-corrected chi connectivity index (χ4v) is 3.35. The summed E-state index contributed by atoms with van der Waals surface area (Å²) in [6.45, 7) is 6.70. The number of hydrogen-bond acceptors (Lipinski definition) is 3. The van der Waals surface area contributed by atoms with Gasteiger partial charge in [0.1, 0.15) is 5.69 Å². The molecule has 1 N–H and O–H groups in total. The molecular weight excluding hydrogens is 280 g/mol. The molecule has 1 aromatic rings. The molecule has 0 spiro atoms. The number of nitrogens with one attached hydrogen (secondary N) is 1. The molecular formula is C17H26N2O3. The van der Waals surface area contributed by atoms with Crippen molar-refractivity contribution in [3.05, 3.63) is 22.5 Å². The van der Waals surface area contributed by atoms with E-state index in [0.29, 0.717) is 29.3 Å². The third-order valence-electron chi connectivity index (χ3n) is 4.64. The highest BCUT2D eigenvalue weighted by molar-refractivity contribution is 6.00. The van der Waals surface area contributed by atoms with Crippen LogP contribution in [0.5, 0.6) is 0 Å². The number of carbonyl (C=O) groups is 2.